The molecule has 0 aliphatic carbocycles. The summed E-state index contributed by atoms with van der Waals surface area (Å²) in [5.41, 5.74) is 6.37. The quantitative estimate of drug-likeness (QED) is 0.427. The highest BCUT2D eigenvalue weighted by atomic mass is 32.1. The van der Waals surface area contributed by atoms with Gasteiger partial charge in [0.2, 0.25) is 0 Å². The van der Waals surface area contributed by atoms with Gasteiger partial charge in [0.05, 0.1) is 0 Å². The molecule has 2 heteroatoms. The van der Waals surface area contributed by atoms with Gasteiger partial charge in [-0.1, -0.05) is 12.2 Å². The summed E-state index contributed by atoms with van der Waals surface area (Å²) < 4.78 is 0. The van der Waals surface area contributed by atoms with Gasteiger partial charge in [-0.3, -0.25) is 0 Å². The number of nitrogens with two attached hydrogens (primary N) is 1. The van der Waals surface area contributed by atoms with Crippen molar-refractivity contribution in [3.63, 3.8) is 0 Å². The lowest BCUT2D eigenvalue weighted by Crippen LogP contribution is -2.38. The zero-order valence-electron chi connectivity index (χ0n) is 5.44. The molecular formula is C6H13NS. The second-order valence-electron chi connectivity index (χ2n) is 2.36. The molecule has 0 saturated carbocycles. The minimum absolute atomic E-state index is 0.289. The zero-order valence-corrected chi connectivity index (χ0v) is 6.33. The van der Waals surface area contributed by atoms with Crippen molar-refractivity contribution in [2.75, 3.05) is 5.75 Å². The predicted molar refractivity (Wildman–Crippen MR) is 41.3 cm³/mol. The van der Waals surface area contributed by atoms with Crippen LogP contribution in [0.2, 0.25) is 0 Å². The second-order valence-corrected chi connectivity index (χ2v) is 2.67. The standard InChI is InChI=1S/C6H13NS/c1-5(2)6(3,7)4-8/h8H,1,4,7H2,2-3H3. The molecule has 2 N–H and O–H groups in total. The van der Waals surface area contributed by atoms with Crippen LogP contribution in [0.4, 0.5) is 0 Å². The topological polar surface area (TPSA) is 26.0 Å². The Morgan fingerprint density at radius 1 is 1.88 bits per heavy atom. The van der Waals surface area contributed by atoms with Gasteiger partial charge in [0, 0.05) is 11.3 Å². The Morgan fingerprint density at radius 2 is 2.25 bits per heavy atom. The highest BCUT2D eigenvalue weighted by Gasteiger charge is 2.15. The summed E-state index contributed by atoms with van der Waals surface area (Å²) in [5.74, 6) is 0.655. The van der Waals surface area contributed by atoms with Gasteiger partial charge in [0.25, 0.3) is 0 Å². The van der Waals surface area contributed by atoms with Gasteiger partial charge in [-0.2, -0.15) is 12.6 Å². The maximum Gasteiger partial charge on any atom is 0.0424 e. The molecule has 0 aromatic rings. The zero-order chi connectivity index (χ0) is 6.78. The van der Waals surface area contributed by atoms with Crippen LogP contribution in [0.15, 0.2) is 12.2 Å². The van der Waals surface area contributed by atoms with E-state index in [1.165, 1.54) is 0 Å². The van der Waals surface area contributed by atoms with Crippen LogP contribution >= 0.6 is 12.6 Å². The molecule has 0 bridgehead atoms. The third-order valence-electron chi connectivity index (χ3n) is 1.30. The van der Waals surface area contributed by atoms with E-state index in [9.17, 15) is 0 Å². The highest BCUT2D eigenvalue weighted by molar-refractivity contribution is 7.80. The molecule has 0 aliphatic heterocycles. The van der Waals surface area contributed by atoms with E-state index in [1.54, 1.807) is 0 Å². The second kappa shape index (κ2) is 2.55. The highest BCUT2D eigenvalue weighted by Crippen LogP contribution is 2.10. The van der Waals surface area contributed by atoms with Crippen molar-refractivity contribution in [1.29, 1.82) is 0 Å². The Balaban J connectivity index is 3.91. The number of rotatable bonds is 2. The summed E-state index contributed by atoms with van der Waals surface area (Å²) in [4.78, 5) is 0. The van der Waals surface area contributed by atoms with E-state index in [4.69, 9.17) is 5.73 Å². The van der Waals surface area contributed by atoms with Crippen molar-refractivity contribution >= 4 is 12.6 Å². The minimum Gasteiger partial charge on any atom is -0.321 e. The first kappa shape index (κ1) is 8.05. The van der Waals surface area contributed by atoms with Gasteiger partial charge in [0.1, 0.15) is 0 Å². The smallest absolute Gasteiger partial charge is 0.0424 e. The van der Waals surface area contributed by atoms with E-state index in [-0.39, 0.29) is 5.54 Å². The van der Waals surface area contributed by atoms with Crippen LogP contribution in [0.1, 0.15) is 13.8 Å². The van der Waals surface area contributed by atoms with Crippen molar-refractivity contribution < 1.29 is 0 Å². The Bertz CT molecular complexity index is 96.7. The van der Waals surface area contributed by atoms with E-state index >= 15 is 0 Å². The van der Waals surface area contributed by atoms with Crippen molar-refractivity contribution in [2.24, 2.45) is 5.73 Å². The summed E-state index contributed by atoms with van der Waals surface area (Å²) in [6.45, 7) is 7.56. The summed E-state index contributed by atoms with van der Waals surface area (Å²) >= 11 is 4.05. The van der Waals surface area contributed by atoms with Crippen molar-refractivity contribution in [1.82, 2.24) is 0 Å². The molecule has 0 aromatic heterocycles. The lowest BCUT2D eigenvalue weighted by Gasteiger charge is -2.21. The largest absolute Gasteiger partial charge is 0.321 e. The van der Waals surface area contributed by atoms with Crippen molar-refractivity contribution in [2.45, 2.75) is 19.4 Å². The van der Waals surface area contributed by atoms with Gasteiger partial charge in [0.15, 0.2) is 0 Å². The first-order valence-electron chi connectivity index (χ1n) is 2.56. The molecule has 0 saturated heterocycles. The fraction of sp³-hybridized carbons (Fsp3) is 0.667. The molecule has 0 rings (SSSR count). The Morgan fingerprint density at radius 3 is 2.25 bits per heavy atom. The Kier molecular flexibility index (Phi) is 2.57. The molecule has 0 heterocycles. The fourth-order valence-electron chi connectivity index (χ4n) is 0.135. The van der Waals surface area contributed by atoms with Gasteiger partial charge in [-0.05, 0) is 13.8 Å². The molecule has 0 aromatic carbocycles. The van der Waals surface area contributed by atoms with Gasteiger partial charge in [-0.15, -0.1) is 0 Å². The summed E-state index contributed by atoms with van der Waals surface area (Å²) in [5, 5.41) is 0. The molecule has 1 nitrogen and oxygen atoms in total. The fourth-order valence-corrected chi connectivity index (χ4v) is 0.405. The lowest BCUT2D eigenvalue weighted by atomic mass is 9.99. The monoisotopic (exact) mass is 131 g/mol. The van der Waals surface area contributed by atoms with E-state index < -0.39 is 0 Å². The molecule has 8 heavy (non-hydrogen) atoms. The van der Waals surface area contributed by atoms with Crippen molar-refractivity contribution in [3.8, 4) is 0 Å². The molecule has 0 radical (unpaired) electrons. The van der Waals surface area contributed by atoms with E-state index in [2.05, 4.69) is 19.2 Å². The van der Waals surface area contributed by atoms with Crippen LogP contribution in [0.3, 0.4) is 0 Å². The Hall–Kier alpha value is 0.0500. The Labute approximate surface area is 56.4 Å². The van der Waals surface area contributed by atoms with Gasteiger partial charge < -0.3 is 5.73 Å². The normalized spacial score (nSPS) is 17.5. The molecule has 48 valence electrons. The summed E-state index contributed by atoms with van der Waals surface area (Å²) in [6.07, 6.45) is 0. The number of thiol groups is 1. The maximum absolute atomic E-state index is 5.68. The number of hydrogen-bond donors (Lipinski definition) is 2. The van der Waals surface area contributed by atoms with Crippen LogP contribution in [0.25, 0.3) is 0 Å². The molecule has 1 atom stereocenters. The predicted octanol–water partition coefficient (Wildman–Crippen LogP) is 1.21. The number of hydrogen-bond acceptors (Lipinski definition) is 2. The summed E-state index contributed by atoms with van der Waals surface area (Å²) in [7, 11) is 0. The molecule has 1 unspecified atom stereocenters. The van der Waals surface area contributed by atoms with E-state index in [0.29, 0.717) is 5.75 Å². The first-order valence-corrected chi connectivity index (χ1v) is 3.19. The minimum atomic E-state index is -0.289. The van der Waals surface area contributed by atoms with Gasteiger partial charge >= 0.3 is 0 Å². The lowest BCUT2D eigenvalue weighted by molar-refractivity contribution is 0.627. The SMILES string of the molecule is C=C(C)C(C)(N)CS. The average Bonchev–Trinajstić information content (AvgIpc) is 1.67. The third-order valence-corrected chi connectivity index (χ3v) is 1.96. The molecule has 0 amide bonds. The van der Waals surface area contributed by atoms with E-state index in [1.807, 2.05) is 13.8 Å². The molecular weight excluding hydrogens is 118 g/mol. The average molecular weight is 131 g/mol. The van der Waals surface area contributed by atoms with E-state index in [0.717, 1.165) is 5.57 Å². The third kappa shape index (κ3) is 1.88. The maximum atomic E-state index is 5.68. The van der Waals surface area contributed by atoms with Crippen LogP contribution < -0.4 is 5.73 Å². The van der Waals surface area contributed by atoms with Gasteiger partial charge in [-0.25, -0.2) is 0 Å². The van der Waals surface area contributed by atoms with Crippen LogP contribution in [-0.2, 0) is 0 Å². The summed E-state index contributed by atoms with van der Waals surface area (Å²) in [6, 6.07) is 0. The molecule has 0 aliphatic rings. The van der Waals surface area contributed by atoms with Crippen LogP contribution in [0, 0.1) is 0 Å². The van der Waals surface area contributed by atoms with Crippen LogP contribution in [-0.4, -0.2) is 11.3 Å². The molecule has 0 fully saturated rings. The van der Waals surface area contributed by atoms with Crippen molar-refractivity contribution in [3.05, 3.63) is 12.2 Å². The first-order chi connectivity index (χ1) is 3.50. The van der Waals surface area contributed by atoms with Crippen LogP contribution in [0.5, 0.6) is 0 Å². The molecule has 0 spiro atoms.